The van der Waals surface area contributed by atoms with Gasteiger partial charge in [-0.15, -0.1) is 0 Å². The highest BCUT2D eigenvalue weighted by atomic mass is 16.3. The fourth-order valence-electron chi connectivity index (χ4n) is 2.55. The number of benzene rings is 1. The molecule has 0 saturated heterocycles. The molecule has 1 N–H and O–H groups in total. The maximum atomic E-state index is 9.41. The van der Waals surface area contributed by atoms with E-state index in [9.17, 15) is 5.11 Å². The minimum absolute atomic E-state index is 0.384. The molecule has 1 heteroatoms. The Hall–Kier alpha value is -1.50. The molecule has 0 fully saturated rings. The number of phenols is 1. The summed E-state index contributed by atoms with van der Waals surface area (Å²) >= 11 is 0. The Labute approximate surface area is 136 Å². The Bertz CT molecular complexity index is 431. The molecular weight excluding hydrogens is 268 g/mol. The number of rotatable bonds is 12. The molecule has 1 nitrogen and oxygen atoms in total. The van der Waals surface area contributed by atoms with E-state index >= 15 is 0 Å². The third kappa shape index (κ3) is 10.3. The van der Waals surface area contributed by atoms with E-state index < -0.39 is 0 Å². The van der Waals surface area contributed by atoms with Crippen molar-refractivity contribution in [3.8, 4) is 5.75 Å². The van der Waals surface area contributed by atoms with Gasteiger partial charge in [-0.1, -0.05) is 62.6 Å². The van der Waals surface area contributed by atoms with Crippen molar-refractivity contribution in [2.45, 2.75) is 71.1 Å². The van der Waals surface area contributed by atoms with Crippen LogP contribution in [0.4, 0.5) is 0 Å². The zero-order chi connectivity index (χ0) is 15.9. The normalized spacial score (nSPS) is 11.7. The lowest BCUT2D eigenvalue weighted by atomic mass is 10.0. The van der Waals surface area contributed by atoms with Gasteiger partial charge >= 0.3 is 0 Å². The summed E-state index contributed by atoms with van der Waals surface area (Å²) in [5, 5.41) is 9.41. The van der Waals surface area contributed by atoms with Gasteiger partial charge in [-0.3, -0.25) is 0 Å². The summed E-state index contributed by atoms with van der Waals surface area (Å²) in [5.41, 5.74) is 1.25. The molecule has 0 atom stereocenters. The summed E-state index contributed by atoms with van der Waals surface area (Å²) < 4.78 is 0. The molecule has 0 aliphatic carbocycles. The molecule has 0 aliphatic heterocycles. The van der Waals surface area contributed by atoms with E-state index in [4.69, 9.17) is 0 Å². The number of allylic oxidation sites excluding steroid dienone is 4. The monoisotopic (exact) mass is 300 g/mol. The van der Waals surface area contributed by atoms with E-state index in [1.807, 2.05) is 12.1 Å². The van der Waals surface area contributed by atoms with Gasteiger partial charge in [0.2, 0.25) is 0 Å². The van der Waals surface area contributed by atoms with Gasteiger partial charge in [-0.2, -0.15) is 0 Å². The van der Waals surface area contributed by atoms with Crippen LogP contribution in [0.3, 0.4) is 0 Å². The van der Waals surface area contributed by atoms with Gasteiger partial charge in [-0.05, 0) is 62.6 Å². The van der Waals surface area contributed by atoms with Crippen LogP contribution < -0.4 is 0 Å². The zero-order valence-electron chi connectivity index (χ0n) is 14.1. The lowest BCUT2D eigenvalue weighted by molar-refractivity contribution is 0.474. The van der Waals surface area contributed by atoms with Gasteiger partial charge in [0, 0.05) is 0 Å². The van der Waals surface area contributed by atoms with E-state index in [1.165, 1.54) is 56.9 Å². The van der Waals surface area contributed by atoms with Gasteiger partial charge in [0.1, 0.15) is 5.75 Å². The third-order valence-electron chi connectivity index (χ3n) is 3.82. The number of phenolic OH excluding ortho intramolecular Hbond substituents is 1. The molecule has 0 aromatic heterocycles. The quantitative estimate of drug-likeness (QED) is 0.341. The summed E-state index contributed by atoms with van der Waals surface area (Å²) in [6.45, 7) is 2.18. The van der Waals surface area contributed by atoms with Crippen LogP contribution in [0.2, 0.25) is 0 Å². The van der Waals surface area contributed by atoms with Crippen molar-refractivity contribution >= 4 is 0 Å². The molecule has 0 radical (unpaired) electrons. The van der Waals surface area contributed by atoms with E-state index in [1.54, 1.807) is 6.07 Å². The smallest absolute Gasteiger partial charge is 0.115 e. The summed E-state index contributed by atoms with van der Waals surface area (Å²) in [6.07, 6.45) is 21.5. The lowest BCUT2D eigenvalue weighted by Gasteiger charge is -2.02. The fraction of sp³-hybridized carbons (Fsp3) is 0.524. The van der Waals surface area contributed by atoms with Crippen LogP contribution in [0.1, 0.15) is 70.3 Å². The molecular formula is C21H32O. The Morgan fingerprint density at radius 3 is 2.27 bits per heavy atom. The Balaban J connectivity index is 1.89. The SMILES string of the molecule is CC/C=C/CC/C=C/CCCCCCCc1cccc(O)c1. The second-order valence-electron chi connectivity index (χ2n) is 5.90. The molecule has 122 valence electrons. The first-order chi connectivity index (χ1) is 10.8. The minimum Gasteiger partial charge on any atom is -0.508 e. The highest BCUT2D eigenvalue weighted by molar-refractivity contribution is 5.27. The Morgan fingerprint density at radius 2 is 1.50 bits per heavy atom. The average Bonchev–Trinajstić information content (AvgIpc) is 2.52. The van der Waals surface area contributed by atoms with Crippen LogP contribution in [-0.4, -0.2) is 5.11 Å². The highest BCUT2D eigenvalue weighted by Crippen LogP contribution is 2.14. The van der Waals surface area contributed by atoms with Crippen molar-refractivity contribution < 1.29 is 5.11 Å². The molecule has 0 amide bonds. The van der Waals surface area contributed by atoms with Crippen LogP contribution in [-0.2, 0) is 6.42 Å². The zero-order valence-corrected chi connectivity index (χ0v) is 14.1. The maximum absolute atomic E-state index is 9.41. The van der Waals surface area contributed by atoms with Crippen LogP contribution in [0.25, 0.3) is 0 Å². The molecule has 0 spiro atoms. The predicted octanol–water partition coefficient (Wildman–Crippen LogP) is 6.58. The van der Waals surface area contributed by atoms with Gasteiger partial charge < -0.3 is 5.11 Å². The third-order valence-corrected chi connectivity index (χ3v) is 3.82. The fourth-order valence-corrected chi connectivity index (χ4v) is 2.55. The molecule has 1 aromatic rings. The highest BCUT2D eigenvalue weighted by Gasteiger charge is 1.95. The summed E-state index contributed by atoms with van der Waals surface area (Å²) in [4.78, 5) is 0. The summed E-state index contributed by atoms with van der Waals surface area (Å²) in [5.74, 6) is 0.384. The van der Waals surface area contributed by atoms with Crippen molar-refractivity contribution in [2.75, 3.05) is 0 Å². The molecule has 0 heterocycles. The van der Waals surface area contributed by atoms with Crippen molar-refractivity contribution in [2.24, 2.45) is 0 Å². The maximum Gasteiger partial charge on any atom is 0.115 e. The lowest BCUT2D eigenvalue weighted by Crippen LogP contribution is -1.86. The first-order valence-electron chi connectivity index (χ1n) is 8.91. The number of aryl methyl sites for hydroxylation is 1. The second kappa shape index (κ2) is 13.2. The number of hydrogen-bond donors (Lipinski definition) is 1. The minimum atomic E-state index is 0.384. The first kappa shape index (κ1) is 18.5. The molecule has 0 saturated carbocycles. The largest absolute Gasteiger partial charge is 0.508 e. The first-order valence-corrected chi connectivity index (χ1v) is 8.91. The van der Waals surface area contributed by atoms with Crippen LogP contribution in [0.5, 0.6) is 5.75 Å². The summed E-state index contributed by atoms with van der Waals surface area (Å²) in [6, 6.07) is 7.63. The molecule has 0 bridgehead atoms. The topological polar surface area (TPSA) is 20.2 Å². The second-order valence-corrected chi connectivity index (χ2v) is 5.90. The molecule has 0 unspecified atom stereocenters. The van der Waals surface area contributed by atoms with Crippen molar-refractivity contribution in [3.63, 3.8) is 0 Å². The van der Waals surface area contributed by atoms with Gasteiger partial charge in [-0.25, -0.2) is 0 Å². The van der Waals surface area contributed by atoms with Crippen LogP contribution in [0, 0.1) is 0 Å². The van der Waals surface area contributed by atoms with Gasteiger partial charge in [0.05, 0.1) is 0 Å². The number of hydrogen-bond acceptors (Lipinski definition) is 1. The van der Waals surface area contributed by atoms with Crippen molar-refractivity contribution in [3.05, 3.63) is 54.1 Å². The molecule has 1 rings (SSSR count). The van der Waals surface area contributed by atoms with E-state index in [2.05, 4.69) is 37.3 Å². The predicted molar refractivity (Wildman–Crippen MR) is 97.3 cm³/mol. The van der Waals surface area contributed by atoms with Crippen LogP contribution >= 0.6 is 0 Å². The van der Waals surface area contributed by atoms with Gasteiger partial charge in [0.15, 0.2) is 0 Å². The van der Waals surface area contributed by atoms with E-state index in [0.717, 1.165) is 12.8 Å². The number of aromatic hydroxyl groups is 1. The Morgan fingerprint density at radius 1 is 0.818 bits per heavy atom. The van der Waals surface area contributed by atoms with Crippen molar-refractivity contribution in [1.29, 1.82) is 0 Å². The molecule has 0 aliphatic rings. The molecule has 22 heavy (non-hydrogen) atoms. The van der Waals surface area contributed by atoms with Crippen LogP contribution in [0.15, 0.2) is 48.6 Å². The van der Waals surface area contributed by atoms with Gasteiger partial charge in [0.25, 0.3) is 0 Å². The van der Waals surface area contributed by atoms with E-state index in [-0.39, 0.29) is 0 Å². The van der Waals surface area contributed by atoms with Crippen molar-refractivity contribution in [1.82, 2.24) is 0 Å². The standard InChI is InChI=1S/C21H32O/c1-2-3-4-5-6-7-8-9-10-11-12-13-14-16-20-17-15-18-21(22)19-20/h3-4,7-8,15,17-19,22H,2,5-6,9-14,16H2,1H3/b4-3+,8-7+. The average molecular weight is 300 g/mol. The molecule has 1 aromatic carbocycles. The number of unbranched alkanes of at least 4 members (excludes halogenated alkanes) is 6. The van der Waals surface area contributed by atoms with E-state index in [0.29, 0.717) is 5.75 Å². The summed E-state index contributed by atoms with van der Waals surface area (Å²) in [7, 11) is 0. The Kier molecular flexibility index (Phi) is 11.1.